The Morgan fingerprint density at radius 1 is 1.50 bits per heavy atom. The summed E-state index contributed by atoms with van der Waals surface area (Å²) in [6.45, 7) is 0.712. The fraction of sp³-hybridized carbons (Fsp3) is 1.00. The molecule has 1 saturated heterocycles. The molecule has 0 amide bonds. The maximum absolute atomic E-state index is 9.49. The third kappa shape index (κ3) is 2.41. The van der Waals surface area contributed by atoms with Gasteiger partial charge >= 0.3 is 0 Å². The van der Waals surface area contributed by atoms with Crippen molar-refractivity contribution >= 4 is 0 Å². The molecule has 1 fully saturated rings. The molecule has 0 aromatic carbocycles. The molecule has 14 heavy (non-hydrogen) atoms. The molecule has 0 aromatic heterocycles. The van der Waals surface area contributed by atoms with Crippen molar-refractivity contribution in [2.24, 2.45) is 0 Å². The Kier molecular flexibility index (Phi) is 3.46. The number of hydrogen-bond acceptors (Lipinski definition) is 6. The van der Waals surface area contributed by atoms with E-state index in [0.717, 1.165) is 0 Å². The average Bonchev–Trinajstić information content (AvgIpc) is 2.09. The average molecular weight is 208 g/mol. The minimum Gasteiger partial charge on any atom is -0.394 e. The summed E-state index contributed by atoms with van der Waals surface area (Å²) >= 11 is 0. The van der Waals surface area contributed by atoms with Crippen LogP contribution in [0.25, 0.3) is 0 Å². The van der Waals surface area contributed by atoms with Crippen LogP contribution in [0, 0.1) is 0 Å². The van der Waals surface area contributed by atoms with Crippen LogP contribution in [0.4, 0.5) is 0 Å². The Morgan fingerprint density at radius 2 is 2.07 bits per heavy atom. The van der Waals surface area contributed by atoms with E-state index in [1.54, 1.807) is 0 Å². The number of ether oxygens (including phenoxy) is 1. The maximum atomic E-state index is 9.49. The van der Waals surface area contributed by atoms with Gasteiger partial charge in [-0.1, -0.05) is 0 Å². The van der Waals surface area contributed by atoms with Crippen molar-refractivity contribution in [1.29, 1.82) is 0 Å². The zero-order chi connectivity index (χ0) is 10.9. The van der Waals surface area contributed by atoms with Gasteiger partial charge in [-0.05, 0) is 6.92 Å². The molecule has 0 spiro atoms. The number of aliphatic hydroxyl groups is 5. The van der Waals surface area contributed by atoms with Gasteiger partial charge in [0.05, 0.1) is 12.7 Å². The highest BCUT2D eigenvalue weighted by molar-refractivity contribution is 4.90. The molecule has 0 radical (unpaired) electrons. The smallest absolute Gasteiger partial charge is 0.165 e. The van der Waals surface area contributed by atoms with Gasteiger partial charge in [-0.15, -0.1) is 0 Å². The SMILES string of the molecule is C[C@@]1(O)C[C@@H](O)[C@@H](O)[C@@H]([C@@H](O)CO)O1. The van der Waals surface area contributed by atoms with Crippen molar-refractivity contribution < 1.29 is 30.3 Å². The molecule has 5 atom stereocenters. The first-order chi connectivity index (χ1) is 6.37. The van der Waals surface area contributed by atoms with Gasteiger partial charge in [0.2, 0.25) is 0 Å². The molecule has 0 aliphatic carbocycles. The largest absolute Gasteiger partial charge is 0.394 e. The van der Waals surface area contributed by atoms with E-state index < -0.39 is 36.8 Å². The summed E-state index contributed by atoms with van der Waals surface area (Å²) in [5, 5.41) is 46.2. The summed E-state index contributed by atoms with van der Waals surface area (Å²) in [6.07, 6.45) is -5.13. The van der Waals surface area contributed by atoms with Gasteiger partial charge in [-0.2, -0.15) is 0 Å². The van der Waals surface area contributed by atoms with E-state index in [0.29, 0.717) is 0 Å². The van der Waals surface area contributed by atoms with Gasteiger partial charge in [-0.25, -0.2) is 0 Å². The lowest BCUT2D eigenvalue weighted by Crippen LogP contribution is -2.58. The van der Waals surface area contributed by atoms with Crippen molar-refractivity contribution in [2.45, 2.75) is 43.5 Å². The second-order valence-corrected chi connectivity index (χ2v) is 3.77. The lowest BCUT2D eigenvalue weighted by atomic mass is 9.93. The summed E-state index contributed by atoms with van der Waals surface area (Å²) in [7, 11) is 0. The fourth-order valence-corrected chi connectivity index (χ4v) is 1.55. The van der Waals surface area contributed by atoms with Gasteiger partial charge in [-0.3, -0.25) is 0 Å². The molecular formula is C8H16O6. The summed E-state index contributed by atoms with van der Waals surface area (Å²) in [4.78, 5) is 0. The van der Waals surface area contributed by atoms with Crippen molar-refractivity contribution in [3.63, 3.8) is 0 Å². The molecule has 6 nitrogen and oxygen atoms in total. The van der Waals surface area contributed by atoms with Gasteiger partial charge in [0, 0.05) is 6.42 Å². The Hall–Kier alpha value is -0.240. The molecule has 1 aliphatic rings. The monoisotopic (exact) mass is 208 g/mol. The molecule has 0 unspecified atom stereocenters. The molecular weight excluding hydrogens is 192 g/mol. The molecule has 6 heteroatoms. The highest BCUT2D eigenvalue weighted by Gasteiger charge is 2.45. The molecule has 1 rings (SSSR count). The molecule has 1 heterocycles. The Morgan fingerprint density at radius 3 is 2.57 bits per heavy atom. The van der Waals surface area contributed by atoms with E-state index in [4.69, 9.17) is 9.84 Å². The minimum atomic E-state index is -1.60. The first-order valence-electron chi connectivity index (χ1n) is 4.42. The summed E-state index contributed by atoms with van der Waals surface area (Å²) in [5.74, 6) is -1.60. The second-order valence-electron chi connectivity index (χ2n) is 3.77. The van der Waals surface area contributed by atoms with Crippen LogP contribution in [0.3, 0.4) is 0 Å². The number of hydrogen-bond donors (Lipinski definition) is 5. The second kappa shape index (κ2) is 4.09. The van der Waals surface area contributed by atoms with Crippen LogP contribution in [-0.4, -0.2) is 62.3 Å². The van der Waals surface area contributed by atoms with Gasteiger partial charge < -0.3 is 30.3 Å². The first kappa shape index (κ1) is 11.8. The molecule has 0 bridgehead atoms. The normalized spacial score (nSPS) is 46.3. The van der Waals surface area contributed by atoms with Crippen LogP contribution >= 0.6 is 0 Å². The van der Waals surface area contributed by atoms with Crippen LogP contribution < -0.4 is 0 Å². The Bertz CT molecular complexity index is 194. The van der Waals surface area contributed by atoms with E-state index in [1.165, 1.54) is 6.92 Å². The van der Waals surface area contributed by atoms with Gasteiger partial charge in [0.1, 0.15) is 18.3 Å². The van der Waals surface area contributed by atoms with Crippen LogP contribution in [0.2, 0.25) is 0 Å². The third-order valence-corrected chi connectivity index (χ3v) is 2.27. The predicted molar refractivity (Wildman–Crippen MR) is 45.2 cm³/mol. The molecule has 0 aromatic rings. The molecule has 5 N–H and O–H groups in total. The highest BCUT2D eigenvalue weighted by atomic mass is 16.6. The van der Waals surface area contributed by atoms with Crippen LogP contribution in [0.1, 0.15) is 13.3 Å². The van der Waals surface area contributed by atoms with Crippen LogP contribution in [-0.2, 0) is 4.74 Å². The van der Waals surface area contributed by atoms with E-state index in [2.05, 4.69) is 0 Å². The highest BCUT2D eigenvalue weighted by Crippen LogP contribution is 2.28. The zero-order valence-electron chi connectivity index (χ0n) is 7.87. The quantitative estimate of drug-likeness (QED) is 0.345. The van der Waals surface area contributed by atoms with Crippen LogP contribution in [0.15, 0.2) is 0 Å². The van der Waals surface area contributed by atoms with Crippen molar-refractivity contribution in [3.8, 4) is 0 Å². The summed E-state index contributed by atoms with van der Waals surface area (Å²) < 4.78 is 4.94. The fourth-order valence-electron chi connectivity index (χ4n) is 1.55. The molecule has 1 aliphatic heterocycles. The molecule has 84 valence electrons. The lowest BCUT2D eigenvalue weighted by molar-refractivity contribution is -0.308. The minimum absolute atomic E-state index is 0.136. The van der Waals surface area contributed by atoms with Crippen molar-refractivity contribution in [2.75, 3.05) is 6.61 Å². The molecule has 0 saturated carbocycles. The maximum Gasteiger partial charge on any atom is 0.165 e. The Balaban J connectivity index is 2.73. The number of rotatable bonds is 2. The van der Waals surface area contributed by atoms with E-state index in [-0.39, 0.29) is 6.42 Å². The number of aliphatic hydroxyl groups excluding tert-OH is 4. The van der Waals surface area contributed by atoms with Crippen LogP contribution in [0.5, 0.6) is 0 Å². The third-order valence-electron chi connectivity index (χ3n) is 2.27. The van der Waals surface area contributed by atoms with E-state index >= 15 is 0 Å². The van der Waals surface area contributed by atoms with Gasteiger partial charge in [0.25, 0.3) is 0 Å². The first-order valence-corrected chi connectivity index (χ1v) is 4.42. The topological polar surface area (TPSA) is 110 Å². The van der Waals surface area contributed by atoms with Crippen molar-refractivity contribution in [3.05, 3.63) is 0 Å². The van der Waals surface area contributed by atoms with Crippen molar-refractivity contribution in [1.82, 2.24) is 0 Å². The Labute approximate surface area is 81.4 Å². The summed E-state index contributed by atoms with van der Waals surface area (Å²) in [6, 6.07) is 0. The predicted octanol–water partition coefficient (Wildman–Crippen LogP) is -2.44. The summed E-state index contributed by atoms with van der Waals surface area (Å²) in [5.41, 5.74) is 0. The van der Waals surface area contributed by atoms with E-state index in [9.17, 15) is 20.4 Å². The lowest BCUT2D eigenvalue weighted by Gasteiger charge is -2.42. The standard InChI is InChI=1S/C8H16O6/c1-8(13)2-4(10)6(12)7(14-8)5(11)3-9/h4-7,9-13H,2-3H2,1H3/t4-,5+,6-,7-,8+/m1/s1. The van der Waals surface area contributed by atoms with Gasteiger partial charge in [0.15, 0.2) is 5.79 Å². The zero-order valence-corrected chi connectivity index (χ0v) is 7.87. The van der Waals surface area contributed by atoms with E-state index in [1.807, 2.05) is 0 Å².